The molecule has 0 unspecified atom stereocenters. The smallest absolute Gasteiger partial charge is 0.337 e. The van der Waals surface area contributed by atoms with Crippen LogP contribution < -0.4 is 4.72 Å². The van der Waals surface area contributed by atoms with Gasteiger partial charge in [0.15, 0.2) is 0 Å². The van der Waals surface area contributed by atoms with Gasteiger partial charge in [0.1, 0.15) is 0 Å². The Morgan fingerprint density at radius 2 is 1.62 bits per heavy atom. The van der Waals surface area contributed by atoms with Gasteiger partial charge in [-0.3, -0.25) is 0 Å². The lowest BCUT2D eigenvalue weighted by Gasteiger charge is -2.37. The molecule has 0 amide bonds. The van der Waals surface area contributed by atoms with Crippen LogP contribution in [0.1, 0.15) is 38.1 Å². The van der Waals surface area contributed by atoms with Gasteiger partial charge in [-0.15, -0.1) is 0 Å². The molecule has 118 valence electrons. The van der Waals surface area contributed by atoms with E-state index >= 15 is 0 Å². The molecule has 1 rings (SSSR count). The third-order valence-electron chi connectivity index (χ3n) is 3.50. The first-order valence-electron chi connectivity index (χ1n) is 6.35. The molecular weight excluding hydrogens is 294 g/mol. The molecule has 7 heteroatoms. The Labute approximate surface area is 125 Å². The predicted molar refractivity (Wildman–Crippen MR) is 78.5 cm³/mol. The largest absolute Gasteiger partial charge is 0.465 e. The number of aliphatic hydroxyl groups is 1. The van der Waals surface area contributed by atoms with Crippen LogP contribution in [0.3, 0.4) is 0 Å². The summed E-state index contributed by atoms with van der Waals surface area (Å²) in [6, 6.07) is 5.37. The average molecular weight is 315 g/mol. The van der Waals surface area contributed by atoms with Crippen molar-refractivity contribution in [2.75, 3.05) is 7.11 Å². The number of nitrogens with one attached hydrogen (secondary N) is 1. The molecular formula is C14H21NO5S. The molecule has 0 atom stereocenters. The number of carbonyl (C=O) groups is 1. The number of hydrogen-bond acceptors (Lipinski definition) is 5. The van der Waals surface area contributed by atoms with E-state index in [0.717, 1.165) is 0 Å². The maximum atomic E-state index is 12.3. The summed E-state index contributed by atoms with van der Waals surface area (Å²) in [7, 11) is -2.56. The van der Waals surface area contributed by atoms with Crippen LogP contribution in [0.5, 0.6) is 0 Å². The van der Waals surface area contributed by atoms with E-state index in [4.69, 9.17) is 0 Å². The van der Waals surface area contributed by atoms with Gasteiger partial charge in [0.05, 0.1) is 28.7 Å². The SMILES string of the molecule is COC(=O)c1ccc(S(=O)(=O)NC(C)(C)C(C)(C)O)cc1. The summed E-state index contributed by atoms with van der Waals surface area (Å²) in [5.74, 6) is -0.538. The highest BCUT2D eigenvalue weighted by molar-refractivity contribution is 7.89. The summed E-state index contributed by atoms with van der Waals surface area (Å²) in [5.41, 5.74) is -2.04. The first-order chi connectivity index (χ1) is 9.40. The molecule has 0 bridgehead atoms. The zero-order valence-corrected chi connectivity index (χ0v) is 13.6. The number of benzene rings is 1. The van der Waals surface area contributed by atoms with Crippen molar-refractivity contribution in [1.82, 2.24) is 4.72 Å². The maximum Gasteiger partial charge on any atom is 0.337 e. The molecule has 0 fully saturated rings. The van der Waals surface area contributed by atoms with E-state index in [9.17, 15) is 18.3 Å². The number of methoxy groups -OCH3 is 1. The van der Waals surface area contributed by atoms with Crippen LogP contribution >= 0.6 is 0 Å². The Hall–Kier alpha value is -1.44. The Morgan fingerprint density at radius 3 is 2.00 bits per heavy atom. The van der Waals surface area contributed by atoms with E-state index in [0.29, 0.717) is 0 Å². The second kappa shape index (κ2) is 5.75. The van der Waals surface area contributed by atoms with E-state index in [1.165, 1.54) is 45.2 Å². The monoisotopic (exact) mass is 315 g/mol. The summed E-state index contributed by atoms with van der Waals surface area (Å²) < 4.78 is 31.6. The molecule has 0 aliphatic rings. The van der Waals surface area contributed by atoms with Gasteiger partial charge < -0.3 is 9.84 Å². The lowest BCUT2D eigenvalue weighted by atomic mass is 9.87. The lowest BCUT2D eigenvalue weighted by Crippen LogP contribution is -2.57. The number of sulfonamides is 1. The van der Waals surface area contributed by atoms with Gasteiger partial charge in [-0.05, 0) is 52.0 Å². The molecule has 2 N–H and O–H groups in total. The molecule has 0 saturated carbocycles. The number of rotatable bonds is 5. The van der Waals surface area contributed by atoms with E-state index < -0.39 is 27.1 Å². The van der Waals surface area contributed by atoms with Crippen molar-refractivity contribution in [3.63, 3.8) is 0 Å². The second-order valence-electron chi connectivity index (χ2n) is 5.81. The molecule has 0 aromatic heterocycles. The van der Waals surface area contributed by atoms with Gasteiger partial charge in [0.25, 0.3) is 0 Å². The minimum atomic E-state index is -3.81. The highest BCUT2D eigenvalue weighted by Crippen LogP contribution is 2.23. The number of carbonyl (C=O) groups excluding carboxylic acids is 1. The normalized spacial score (nSPS) is 13.0. The Kier molecular flexibility index (Phi) is 4.82. The van der Waals surface area contributed by atoms with E-state index in [1.807, 2.05) is 0 Å². The summed E-state index contributed by atoms with van der Waals surface area (Å²) in [4.78, 5) is 11.3. The Bertz CT molecular complexity index is 612. The fourth-order valence-electron chi connectivity index (χ4n) is 1.41. The van der Waals surface area contributed by atoms with Crippen molar-refractivity contribution in [1.29, 1.82) is 0 Å². The first kappa shape index (κ1) is 17.6. The van der Waals surface area contributed by atoms with Crippen LogP contribution in [0.25, 0.3) is 0 Å². The van der Waals surface area contributed by atoms with Crippen LogP contribution in [0.2, 0.25) is 0 Å². The highest BCUT2D eigenvalue weighted by Gasteiger charge is 2.38. The Balaban J connectivity index is 3.07. The van der Waals surface area contributed by atoms with Crippen molar-refractivity contribution in [3.05, 3.63) is 29.8 Å². The van der Waals surface area contributed by atoms with E-state index in [-0.39, 0.29) is 10.5 Å². The fourth-order valence-corrected chi connectivity index (χ4v) is 2.94. The molecule has 21 heavy (non-hydrogen) atoms. The van der Waals surface area contributed by atoms with Gasteiger partial charge in [0.2, 0.25) is 10.0 Å². The van der Waals surface area contributed by atoms with Crippen LogP contribution in [-0.2, 0) is 14.8 Å². The van der Waals surface area contributed by atoms with Gasteiger partial charge in [-0.2, -0.15) is 0 Å². The zero-order chi connectivity index (χ0) is 16.5. The molecule has 0 aliphatic heterocycles. The lowest BCUT2D eigenvalue weighted by molar-refractivity contribution is 0.00638. The molecule has 6 nitrogen and oxygen atoms in total. The number of ether oxygens (including phenoxy) is 1. The molecule has 0 saturated heterocycles. The molecule has 0 aliphatic carbocycles. The van der Waals surface area contributed by atoms with Gasteiger partial charge in [0, 0.05) is 0 Å². The minimum Gasteiger partial charge on any atom is -0.465 e. The third kappa shape index (κ3) is 4.03. The maximum absolute atomic E-state index is 12.3. The van der Waals surface area contributed by atoms with E-state index in [2.05, 4.69) is 9.46 Å². The minimum absolute atomic E-state index is 0.00692. The first-order valence-corrected chi connectivity index (χ1v) is 7.84. The summed E-state index contributed by atoms with van der Waals surface area (Å²) in [5, 5.41) is 10.0. The molecule has 0 radical (unpaired) electrons. The fraction of sp³-hybridized carbons (Fsp3) is 0.500. The molecule has 0 spiro atoms. The Morgan fingerprint density at radius 1 is 1.14 bits per heavy atom. The number of hydrogen-bond donors (Lipinski definition) is 2. The van der Waals surface area contributed by atoms with Crippen molar-refractivity contribution >= 4 is 16.0 Å². The molecule has 0 heterocycles. The summed E-state index contributed by atoms with van der Waals surface area (Å²) in [6.45, 7) is 6.23. The van der Waals surface area contributed by atoms with Crippen molar-refractivity contribution < 1.29 is 23.1 Å². The van der Waals surface area contributed by atoms with Gasteiger partial charge >= 0.3 is 5.97 Å². The number of esters is 1. The standard InChI is InChI=1S/C14H21NO5S/c1-13(2,14(3,4)17)15-21(18,19)11-8-6-10(7-9-11)12(16)20-5/h6-9,15,17H,1-5H3. The quantitative estimate of drug-likeness (QED) is 0.799. The summed E-state index contributed by atoms with van der Waals surface area (Å²) >= 11 is 0. The van der Waals surface area contributed by atoms with Crippen LogP contribution in [0.15, 0.2) is 29.2 Å². The molecule has 1 aromatic carbocycles. The zero-order valence-electron chi connectivity index (χ0n) is 12.8. The van der Waals surface area contributed by atoms with Crippen LogP contribution in [0.4, 0.5) is 0 Å². The van der Waals surface area contributed by atoms with Crippen LogP contribution in [0, 0.1) is 0 Å². The van der Waals surface area contributed by atoms with Gasteiger partial charge in [-0.25, -0.2) is 17.9 Å². The highest BCUT2D eigenvalue weighted by atomic mass is 32.2. The second-order valence-corrected chi connectivity index (χ2v) is 7.49. The average Bonchev–Trinajstić information content (AvgIpc) is 2.35. The van der Waals surface area contributed by atoms with Crippen molar-refractivity contribution in [2.24, 2.45) is 0 Å². The van der Waals surface area contributed by atoms with E-state index in [1.54, 1.807) is 13.8 Å². The summed E-state index contributed by atoms with van der Waals surface area (Å²) in [6.07, 6.45) is 0. The topological polar surface area (TPSA) is 92.7 Å². The van der Waals surface area contributed by atoms with Gasteiger partial charge in [-0.1, -0.05) is 0 Å². The van der Waals surface area contributed by atoms with Crippen molar-refractivity contribution in [2.45, 2.75) is 43.7 Å². The van der Waals surface area contributed by atoms with Crippen LogP contribution in [-0.4, -0.2) is 37.7 Å². The molecule has 1 aromatic rings. The van der Waals surface area contributed by atoms with Crippen molar-refractivity contribution in [3.8, 4) is 0 Å². The predicted octanol–water partition coefficient (Wildman–Crippen LogP) is 1.30. The third-order valence-corrected chi connectivity index (χ3v) is 5.18.